The molecule has 0 radical (unpaired) electrons. The van der Waals surface area contributed by atoms with Gasteiger partial charge in [-0.15, -0.1) is 11.8 Å². The van der Waals surface area contributed by atoms with Gasteiger partial charge in [-0.3, -0.25) is 0 Å². The summed E-state index contributed by atoms with van der Waals surface area (Å²) in [7, 11) is 0. The molecule has 0 aliphatic carbocycles. The number of hydrogen-bond donors (Lipinski definition) is 0. The molecule has 0 amide bonds. The quantitative estimate of drug-likeness (QED) is 0.444. The Morgan fingerprint density at radius 2 is 1.86 bits per heavy atom. The van der Waals surface area contributed by atoms with Crippen molar-refractivity contribution in [3.8, 4) is 6.07 Å². The first-order valence-electron chi connectivity index (χ1n) is 7.94. The molecule has 0 fully saturated rings. The molecule has 0 atom stereocenters. The summed E-state index contributed by atoms with van der Waals surface area (Å²) in [6, 6.07) is 10.7. The van der Waals surface area contributed by atoms with Crippen molar-refractivity contribution in [3.63, 3.8) is 0 Å². The number of aromatic nitrogens is 1. The van der Waals surface area contributed by atoms with Crippen LogP contribution in [-0.4, -0.2) is 10.3 Å². The maximum absolute atomic E-state index is 8.77. The highest BCUT2D eigenvalue weighted by atomic mass is 32.2. The number of nitrogens with zero attached hydrogens (tertiary/aromatic N) is 2. The van der Waals surface area contributed by atoms with E-state index in [0.29, 0.717) is 5.75 Å². The minimum atomic E-state index is 0.519. The molecule has 2 rings (SSSR count). The van der Waals surface area contributed by atoms with Gasteiger partial charge in [0.15, 0.2) is 0 Å². The molecule has 0 bridgehead atoms. The Kier molecular flexibility index (Phi) is 6.69. The predicted molar refractivity (Wildman–Crippen MR) is 91.7 cm³/mol. The summed E-state index contributed by atoms with van der Waals surface area (Å²) in [6.07, 6.45) is 10.2. The van der Waals surface area contributed by atoms with Crippen LogP contribution in [0.5, 0.6) is 0 Å². The van der Waals surface area contributed by atoms with Crippen LogP contribution in [-0.2, 0) is 6.54 Å². The fourth-order valence-electron chi connectivity index (χ4n) is 2.69. The van der Waals surface area contributed by atoms with Crippen LogP contribution < -0.4 is 0 Å². The molecule has 0 aliphatic heterocycles. The number of hydrogen-bond acceptors (Lipinski definition) is 2. The van der Waals surface area contributed by atoms with Crippen molar-refractivity contribution in [3.05, 3.63) is 30.5 Å². The molecule has 1 heterocycles. The lowest BCUT2D eigenvalue weighted by Crippen LogP contribution is -1.95. The van der Waals surface area contributed by atoms with E-state index in [2.05, 4.69) is 48.0 Å². The lowest BCUT2D eigenvalue weighted by atomic mass is 10.1. The molecule has 0 aliphatic rings. The van der Waals surface area contributed by atoms with Gasteiger partial charge in [-0.05, 0) is 12.5 Å². The molecule has 0 spiro atoms. The van der Waals surface area contributed by atoms with Crippen LogP contribution in [0, 0.1) is 11.3 Å². The Morgan fingerprint density at radius 3 is 2.67 bits per heavy atom. The summed E-state index contributed by atoms with van der Waals surface area (Å²) in [4.78, 5) is 1.23. The lowest BCUT2D eigenvalue weighted by Gasteiger charge is -2.05. The number of aryl methyl sites for hydroxylation is 1. The van der Waals surface area contributed by atoms with Gasteiger partial charge in [0.2, 0.25) is 0 Å². The van der Waals surface area contributed by atoms with Gasteiger partial charge in [-0.25, -0.2) is 0 Å². The van der Waals surface area contributed by atoms with Gasteiger partial charge in [0.25, 0.3) is 0 Å². The van der Waals surface area contributed by atoms with Crippen molar-refractivity contribution < 1.29 is 0 Å². The first-order chi connectivity index (χ1) is 10.4. The van der Waals surface area contributed by atoms with E-state index in [1.807, 2.05) is 0 Å². The van der Waals surface area contributed by atoms with Gasteiger partial charge >= 0.3 is 0 Å². The number of rotatable bonds is 9. The van der Waals surface area contributed by atoms with E-state index in [4.69, 9.17) is 5.26 Å². The summed E-state index contributed by atoms with van der Waals surface area (Å²) in [5, 5.41) is 10.1. The van der Waals surface area contributed by atoms with Crippen LogP contribution in [0.4, 0.5) is 0 Å². The van der Waals surface area contributed by atoms with E-state index in [-0.39, 0.29) is 0 Å². The van der Waals surface area contributed by atoms with Crippen molar-refractivity contribution in [1.82, 2.24) is 4.57 Å². The smallest absolute Gasteiger partial charge is 0.0856 e. The number of unbranched alkanes of at least 4 members (excludes halogenated alkanes) is 5. The minimum absolute atomic E-state index is 0.519. The van der Waals surface area contributed by atoms with Crippen molar-refractivity contribution in [2.75, 3.05) is 5.75 Å². The van der Waals surface area contributed by atoms with Gasteiger partial charge in [-0.1, -0.05) is 57.2 Å². The molecule has 2 aromatic rings. The monoisotopic (exact) mass is 300 g/mol. The molecule has 21 heavy (non-hydrogen) atoms. The maximum atomic E-state index is 8.77. The van der Waals surface area contributed by atoms with Crippen molar-refractivity contribution in [2.45, 2.75) is 56.9 Å². The van der Waals surface area contributed by atoms with Crippen molar-refractivity contribution in [2.24, 2.45) is 0 Å². The topological polar surface area (TPSA) is 28.7 Å². The highest BCUT2D eigenvalue weighted by molar-refractivity contribution is 7.99. The van der Waals surface area contributed by atoms with Gasteiger partial charge in [0.1, 0.15) is 0 Å². The Balaban J connectivity index is 1.97. The van der Waals surface area contributed by atoms with E-state index in [1.54, 1.807) is 11.8 Å². The average Bonchev–Trinajstić information content (AvgIpc) is 2.87. The van der Waals surface area contributed by atoms with E-state index in [0.717, 1.165) is 6.54 Å². The molecular weight excluding hydrogens is 276 g/mol. The zero-order chi connectivity index (χ0) is 14.9. The predicted octanol–water partition coefficient (Wildman–Crippen LogP) is 5.62. The van der Waals surface area contributed by atoms with Crippen LogP contribution >= 0.6 is 11.8 Å². The number of fused-ring (bicyclic) bond motifs is 1. The van der Waals surface area contributed by atoms with Gasteiger partial charge < -0.3 is 4.57 Å². The third-order valence-corrected chi connectivity index (χ3v) is 4.71. The Hall–Kier alpha value is -1.40. The highest BCUT2D eigenvalue weighted by Gasteiger charge is 2.07. The fraction of sp³-hybridized carbons (Fsp3) is 0.500. The molecule has 1 aromatic heterocycles. The molecule has 2 nitrogen and oxygen atoms in total. The number of thioether (sulfide) groups is 1. The first kappa shape index (κ1) is 16.0. The largest absolute Gasteiger partial charge is 0.346 e. The van der Waals surface area contributed by atoms with Gasteiger partial charge in [0.05, 0.1) is 11.8 Å². The molecule has 112 valence electrons. The fourth-order valence-corrected chi connectivity index (χ4v) is 3.44. The zero-order valence-electron chi connectivity index (χ0n) is 12.8. The molecule has 1 aromatic carbocycles. The van der Waals surface area contributed by atoms with Gasteiger partial charge in [0, 0.05) is 28.5 Å². The standard InChI is InChI=1S/C18H24N2S/c1-2-3-4-5-6-9-13-20-15-18(21-14-12-19)16-10-7-8-11-17(16)20/h7-8,10-11,15H,2-6,9,13-14H2,1H3. The second-order valence-corrected chi connectivity index (χ2v) is 6.44. The molecule has 0 saturated carbocycles. The SMILES string of the molecule is CCCCCCCCn1cc(SCC#N)c2ccccc21. The van der Waals surface area contributed by atoms with Crippen LogP contribution in [0.2, 0.25) is 0 Å². The van der Waals surface area contributed by atoms with Crippen molar-refractivity contribution >= 4 is 22.7 Å². The van der Waals surface area contributed by atoms with E-state index >= 15 is 0 Å². The maximum Gasteiger partial charge on any atom is 0.0856 e. The van der Waals surface area contributed by atoms with Crippen LogP contribution in [0.15, 0.2) is 35.4 Å². The summed E-state index contributed by atoms with van der Waals surface area (Å²) in [6.45, 7) is 3.34. The van der Waals surface area contributed by atoms with E-state index < -0.39 is 0 Å². The van der Waals surface area contributed by atoms with Crippen molar-refractivity contribution in [1.29, 1.82) is 5.26 Å². The number of para-hydroxylation sites is 1. The van der Waals surface area contributed by atoms with E-state index in [9.17, 15) is 0 Å². The normalized spacial score (nSPS) is 10.9. The molecule has 3 heteroatoms. The first-order valence-corrected chi connectivity index (χ1v) is 8.93. The van der Waals surface area contributed by atoms with Crippen LogP contribution in [0.25, 0.3) is 10.9 Å². The lowest BCUT2D eigenvalue weighted by molar-refractivity contribution is 0.564. The highest BCUT2D eigenvalue weighted by Crippen LogP contribution is 2.30. The second kappa shape index (κ2) is 8.79. The Bertz CT molecular complexity index is 595. The third kappa shape index (κ3) is 4.54. The van der Waals surface area contributed by atoms with Crippen LogP contribution in [0.1, 0.15) is 45.4 Å². The Labute approximate surface area is 132 Å². The summed E-state index contributed by atoms with van der Waals surface area (Å²) < 4.78 is 2.36. The number of nitriles is 1. The molecule has 0 N–H and O–H groups in total. The second-order valence-electron chi connectivity index (χ2n) is 5.42. The number of benzene rings is 1. The zero-order valence-corrected chi connectivity index (χ0v) is 13.7. The molecule has 0 saturated heterocycles. The summed E-state index contributed by atoms with van der Waals surface area (Å²) in [5.74, 6) is 0.519. The minimum Gasteiger partial charge on any atom is -0.346 e. The molecule has 0 unspecified atom stereocenters. The van der Waals surface area contributed by atoms with Gasteiger partial charge in [-0.2, -0.15) is 5.26 Å². The summed E-state index contributed by atoms with van der Waals surface area (Å²) in [5.41, 5.74) is 1.30. The Morgan fingerprint density at radius 1 is 1.10 bits per heavy atom. The van der Waals surface area contributed by atoms with E-state index in [1.165, 1.54) is 54.3 Å². The third-order valence-electron chi connectivity index (χ3n) is 3.80. The van der Waals surface area contributed by atoms with Crippen LogP contribution in [0.3, 0.4) is 0 Å². The summed E-state index contributed by atoms with van der Waals surface area (Å²) >= 11 is 1.64. The molecular formula is C18H24N2S. The average molecular weight is 300 g/mol.